The fourth-order valence-electron chi connectivity index (χ4n) is 1.83. The van der Waals surface area contributed by atoms with E-state index in [1.54, 1.807) is 38.1 Å². The highest BCUT2D eigenvalue weighted by Crippen LogP contribution is 2.22. The van der Waals surface area contributed by atoms with Crippen LogP contribution in [0, 0.1) is 25.7 Å². The van der Waals surface area contributed by atoms with E-state index in [1.807, 2.05) is 0 Å². The molecular formula is C14H14N2O4S. The van der Waals surface area contributed by atoms with E-state index in [0.717, 1.165) is 0 Å². The molecule has 0 aliphatic heterocycles. The quantitative estimate of drug-likeness (QED) is 0.837. The van der Waals surface area contributed by atoms with Gasteiger partial charge >= 0.3 is 0 Å². The van der Waals surface area contributed by atoms with Gasteiger partial charge < -0.3 is 9.63 Å². The zero-order valence-electron chi connectivity index (χ0n) is 11.5. The summed E-state index contributed by atoms with van der Waals surface area (Å²) in [7, 11) is -3.74. The summed E-state index contributed by atoms with van der Waals surface area (Å²) in [5.74, 6) is 5.48. The molecule has 7 heteroatoms. The van der Waals surface area contributed by atoms with Gasteiger partial charge in [-0.25, -0.2) is 8.42 Å². The van der Waals surface area contributed by atoms with Crippen molar-refractivity contribution in [1.29, 1.82) is 0 Å². The molecule has 0 aliphatic carbocycles. The van der Waals surface area contributed by atoms with Crippen molar-refractivity contribution in [3.8, 4) is 11.8 Å². The van der Waals surface area contributed by atoms with Crippen LogP contribution >= 0.6 is 0 Å². The van der Waals surface area contributed by atoms with Crippen LogP contribution in [0.4, 0.5) is 5.69 Å². The zero-order valence-corrected chi connectivity index (χ0v) is 12.4. The number of aliphatic hydroxyl groups is 1. The highest BCUT2D eigenvalue weighted by Gasteiger charge is 2.24. The summed E-state index contributed by atoms with van der Waals surface area (Å²) in [6, 6.07) is 6.51. The third kappa shape index (κ3) is 3.42. The highest BCUT2D eigenvalue weighted by atomic mass is 32.2. The van der Waals surface area contributed by atoms with Crippen LogP contribution in [0.2, 0.25) is 0 Å². The number of sulfonamides is 1. The van der Waals surface area contributed by atoms with Gasteiger partial charge in [0.1, 0.15) is 12.3 Å². The molecule has 6 nitrogen and oxygen atoms in total. The van der Waals surface area contributed by atoms with Crippen molar-refractivity contribution in [2.45, 2.75) is 18.7 Å². The number of anilines is 1. The Morgan fingerprint density at radius 1 is 1.29 bits per heavy atom. The first-order valence-electron chi connectivity index (χ1n) is 6.09. The number of rotatable bonds is 3. The van der Waals surface area contributed by atoms with Crippen molar-refractivity contribution in [2.24, 2.45) is 0 Å². The first kappa shape index (κ1) is 15.1. The molecule has 2 aromatic rings. The fraction of sp³-hybridized carbons (Fsp3) is 0.214. The lowest BCUT2D eigenvalue weighted by Crippen LogP contribution is -2.14. The second-order valence-corrected chi connectivity index (χ2v) is 5.92. The number of nitrogens with one attached hydrogen (secondary N) is 1. The summed E-state index contributed by atoms with van der Waals surface area (Å²) in [6.07, 6.45) is 0. The Kier molecular flexibility index (Phi) is 4.31. The molecule has 0 radical (unpaired) electrons. The highest BCUT2D eigenvalue weighted by molar-refractivity contribution is 7.92. The molecule has 21 heavy (non-hydrogen) atoms. The van der Waals surface area contributed by atoms with E-state index in [9.17, 15) is 8.42 Å². The van der Waals surface area contributed by atoms with E-state index >= 15 is 0 Å². The van der Waals surface area contributed by atoms with Crippen molar-refractivity contribution in [3.05, 3.63) is 41.3 Å². The molecular weight excluding hydrogens is 292 g/mol. The number of hydrogen-bond acceptors (Lipinski definition) is 5. The second-order valence-electron chi connectivity index (χ2n) is 4.30. The third-order valence-electron chi connectivity index (χ3n) is 2.69. The Hall–Kier alpha value is -2.30. The van der Waals surface area contributed by atoms with Crippen molar-refractivity contribution in [3.63, 3.8) is 0 Å². The maximum atomic E-state index is 12.3. The van der Waals surface area contributed by atoms with Gasteiger partial charge in [-0.3, -0.25) is 4.72 Å². The van der Waals surface area contributed by atoms with Gasteiger partial charge in [0.05, 0.1) is 0 Å². The Morgan fingerprint density at radius 3 is 2.48 bits per heavy atom. The van der Waals surface area contributed by atoms with Gasteiger partial charge in [-0.05, 0) is 38.1 Å². The molecule has 2 N–H and O–H groups in total. The van der Waals surface area contributed by atoms with Gasteiger partial charge in [-0.2, -0.15) is 0 Å². The Balaban J connectivity index is 2.25. The van der Waals surface area contributed by atoms with Crippen LogP contribution in [0.5, 0.6) is 0 Å². The lowest BCUT2D eigenvalue weighted by molar-refractivity contribution is 0.350. The van der Waals surface area contributed by atoms with E-state index in [0.29, 0.717) is 16.9 Å². The summed E-state index contributed by atoms with van der Waals surface area (Å²) < 4.78 is 31.9. The summed E-state index contributed by atoms with van der Waals surface area (Å²) in [5, 5.41) is 12.2. The smallest absolute Gasteiger partial charge is 0.267 e. The molecule has 1 aromatic heterocycles. The van der Waals surface area contributed by atoms with Crippen LogP contribution in [0.3, 0.4) is 0 Å². The zero-order chi connectivity index (χ0) is 15.5. The molecule has 0 fully saturated rings. The van der Waals surface area contributed by atoms with Crippen LogP contribution in [-0.2, 0) is 10.0 Å². The molecule has 0 bridgehead atoms. The lowest BCUT2D eigenvalue weighted by Gasteiger charge is -2.07. The molecule has 0 saturated carbocycles. The van der Waals surface area contributed by atoms with Crippen molar-refractivity contribution < 1.29 is 18.0 Å². The predicted molar refractivity (Wildman–Crippen MR) is 77.2 cm³/mol. The maximum absolute atomic E-state index is 12.3. The largest absolute Gasteiger partial charge is 0.384 e. The SMILES string of the molecule is Cc1noc(C)c1S(=O)(=O)Nc1ccc(C#CCO)cc1. The van der Waals surface area contributed by atoms with Crippen LogP contribution < -0.4 is 4.72 Å². The summed E-state index contributed by atoms with van der Waals surface area (Å²) in [5.41, 5.74) is 1.40. The van der Waals surface area contributed by atoms with Crippen LogP contribution in [0.1, 0.15) is 17.0 Å². The second kappa shape index (κ2) is 5.99. The molecule has 0 atom stereocenters. The average molecular weight is 306 g/mol. The van der Waals surface area contributed by atoms with Crippen molar-refractivity contribution in [2.75, 3.05) is 11.3 Å². The van der Waals surface area contributed by atoms with Gasteiger partial charge in [0.15, 0.2) is 10.7 Å². The van der Waals surface area contributed by atoms with Gasteiger partial charge in [0, 0.05) is 11.3 Å². The minimum Gasteiger partial charge on any atom is -0.384 e. The maximum Gasteiger partial charge on any atom is 0.267 e. The predicted octanol–water partition coefficient (Wildman–Crippen LogP) is 1.44. The Labute approximate surface area is 122 Å². The first-order valence-corrected chi connectivity index (χ1v) is 7.58. The van der Waals surface area contributed by atoms with E-state index in [4.69, 9.17) is 9.63 Å². The van der Waals surface area contributed by atoms with Gasteiger partial charge in [0.25, 0.3) is 10.0 Å². The van der Waals surface area contributed by atoms with Crippen molar-refractivity contribution >= 4 is 15.7 Å². The van der Waals surface area contributed by atoms with Gasteiger partial charge in [-0.1, -0.05) is 17.0 Å². The minimum atomic E-state index is -3.74. The van der Waals surface area contributed by atoms with Gasteiger partial charge in [0.2, 0.25) is 0 Å². The molecule has 2 rings (SSSR count). The minimum absolute atomic E-state index is 0.0478. The third-order valence-corrected chi connectivity index (χ3v) is 4.31. The molecule has 0 unspecified atom stereocenters. The van der Waals surface area contributed by atoms with E-state index < -0.39 is 10.0 Å². The fourth-order valence-corrected chi connectivity index (χ4v) is 3.22. The monoisotopic (exact) mass is 306 g/mol. The summed E-state index contributed by atoms with van der Waals surface area (Å²) in [6.45, 7) is 2.89. The molecule has 0 saturated heterocycles. The number of aryl methyl sites for hydroxylation is 2. The van der Waals surface area contributed by atoms with Crippen LogP contribution in [-0.4, -0.2) is 25.3 Å². The number of benzene rings is 1. The Bertz CT molecular complexity index is 776. The first-order chi connectivity index (χ1) is 9.94. The summed E-state index contributed by atoms with van der Waals surface area (Å²) in [4.78, 5) is 0.0478. The van der Waals surface area contributed by atoms with E-state index in [2.05, 4.69) is 21.7 Å². The van der Waals surface area contributed by atoms with E-state index in [1.165, 1.54) is 0 Å². The molecule has 0 spiro atoms. The lowest BCUT2D eigenvalue weighted by atomic mass is 10.2. The van der Waals surface area contributed by atoms with E-state index in [-0.39, 0.29) is 17.3 Å². The van der Waals surface area contributed by atoms with Crippen LogP contribution in [0.15, 0.2) is 33.7 Å². The molecule has 110 valence electrons. The normalized spacial score (nSPS) is 10.8. The topological polar surface area (TPSA) is 92.4 Å². The molecule has 1 heterocycles. The number of nitrogens with zero attached hydrogens (tertiary/aromatic N) is 1. The van der Waals surface area contributed by atoms with Crippen LogP contribution in [0.25, 0.3) is 0 Å². The molecule has 0 amide bonds. The average Bonchev–Trinajstić information content (AvgIpc) is 2.77. The molecule has 1 aromatic carbocycles. The number of hydrogen-bond donors (Lipinski definition) is 2. The summed E-state index contributed by atoms with van der Waals surface area (Å²) >= 11 is 0. The van der Waals surface area contributed by atoms with Gasteiger partial charge in [-0.15, -0.1) is 0 Å². The standard InChI is InChI=1S/C14H14N2O4S/c1-10-14(11(2)20-15-10)21(18,19)16-13-7-5-12(6-8-13)4-3-9-17/h5-8,16-17H,9H2,1-2H3. The number of aromatic nitrogens is 1. The Morgan fingerprint density at radius 2 is 1.95 bits per heavy atom. The number of aliphatic hydroxyl groups excluding tert-OH is 1. The molecule has 0 aliphatic rings. The van der Waals surface area contributed by atoms with Crippen molar-refractivity contribution in [1.82, 2.24) is 5.16 Å².